The first-order valence-corrected chi connectivity index (χ1v) is 12.3. The zero-order chi connectivity index (χ0) is 28.2. The molecule has 0 bridgehead atoms. The molecule has 1 fully saturated rings. The van der Waals surface area contributed by atoms with Crippen LogP contribution in [-0.4, -0.2) is 51.1 Å². The third-order valence-electron chi connectivity index (χ3n) is 6.82. The van der Waals surface area contributed by atoms with Gasteiger partial charge in [-0.15, -0.1) is 0 Å². The van der Waals surface area contributed by atoms with Gasteiger partial charge in [-0.05, 0) is 23.6 Å². The smallest absolute Gasteiger partial charge is 0.328 e. The molecule has 0 spiro atoms. The Morgan fingerprint density at radius 1 is 0.974 bits per heavy atom. The number of nitrogens with zero attached hydrogens (tertiary/aromatic N) is 2. The molecule has 4 rings (SSSR count). The Morgan fingerprint density at radius 3 is 2.13 bits per heavy atom. The summed E-state index contributed by atoms with van der Waals surface area (Å²) in [5, 5.41) is 19.7. The molecule has 39 heavy (non-hydrogen) atoms. The zero-order valence-electron chi connectivity index (χ0n) is 21.3. The van der Waals surface area contributed by atoms with Crippen molar-refractivity contribution in [3.63, 3.8) is 0 Å². The molecule has 5 N–H and O–H groups in total. The number of aliphatic carboxylic acids is 1. The van der Waals surface area contributed by atoms with Crippen LogP contribution < -0.4 is 11.1 Å². The number of nitrogens with two attached hydrogens (primary N) is 1. The van der Waals surface area contributed by atoms with Crippen molar-refractivity contribution in [3.8, 4) is 0 Å². The van der Waals surface area contributed by atoms with Gasteiger partial charge in [-0.25, -0.2) is 4.79 Å². The van der Waals surface area contributed by atoms with E-state index in [9.17, 15) is 24.3 Å². The quantitative estimate of drug-likeness (QED) is 0.180. The molecule has 3 aromatic carbocycles. The first kappa shape index (κ1) is 27.1. The van der Waals surface area contributed by atoms with E-state index in [-0.39, 0.29) is 18.8 Å². The van der Waals surface area contributed by atoms with E-state index in [0.29, 0.717) is 16.7 Å². The number of carbonyl (C=O) groups excluding carboxylic acids is 3. The SMILES string of the molecule is C[C@]1(c2ccc(C(=N)N)cc2)C(=O)N(CC(=O)N[C@@H](CC(=O)O)c2ccccc2)C(=O)N1Cc1ccccc1. The van der Waals surface area contributed by atoms with Crippen LogP contribution in [0.1, 0.15) is 41.6 Å². The number of carbonyl (C=O) groups is 4. The van der Waals surface area contributed by atoms with Crippen LogP contribution >= 0.6 is 0 Å². The number of nitrogen functional groups attached to an aromatic ring is 1. The molecule has 1 saturated heterocycles. The van der Waals surface area contributed by atoms with Crippen LogP contribution in [0.25, 0.3) is 0 Å². The van der Waals surface area contributed by atoms with Crippen molar-refractivity contribution in [2.45, 2.75) is 31.5 Å². The van der Waals surface area contributed by atoms with E-state index < -0.39 is 41.9 Å². The monoisotopic (exact) mass is 527 g/mol. The average Bonchev–Trinajstić information content (AvgIpc) is 3.10. The minimum absolute atomic E-state index is 0.111. The second-order valence-corrected chi connectivity index (χ2v) is 9.44. The Morgan fingerprint density at radius 2 is 1.56 bits per heavy atom. The van der Waals surface area contributed by atoms with E-state index in [1.165, 1.54) is 4.90 Å². The molecule has 0 saturated carbocycles. The summed E-state index contributed by atoms with van der Waals surface area (Å²) in [5.74, 6) is -2.49. The summed E-state index contributed by atoms with van der Waals surface area (Å²) in [4.78, 5) is 54.3. The van der Waals surface area contributed by atoms with Crippen LogP contribution in [0.4, 0.5) is 4.79 Å². The number of hydrogen-bond donors (Lipinski definition) is 4. The van der Waals surface area contributed by atoms with Crippen molar-refractivity contribution in [2.75, 3.05) is 6.54 Å². The van der Waals surface area contributed by atoms with E-state index in [4.69, 9.17) is 11.1 Å². The van der Waals surface area contributed by atoms with Gasteiger partial charge >= 0.3 is 12.0 Å². The van der Waals surface area contributed by atoms with Gasteiger partial charge in [0.1, 0.15) is 17.9 Å². The number of rotatable bonds is 10. The highest BCUT2D eigenvalue weighted by atomic mass is 16.4. The summed E-state index contributed by atoms with van der Waals surface area (Å²) in [6.07, 6.45) is -0.363. The third kappa shape index (κ3) is 5.64. The summed E-state index contributed by atoms with van der Waals surface area (Å²) < 4.78 is 0. The molecule has 2 atom stereocenters. The van der Waals surface area contributed by atoms with Crippen molar-refractivity contribution < 1.29 is 24.3 Å². The van der Waals surface area contributed by atoms with Crippen LogP contribution in [0.2, 0.25) is 0 Å². The Hall–Kier alpha value is -4.99. The normalized spacial score (nSPS) is 17.7. The number of nitrogens with one attached hydrogen (secondary N) is 2. The van der Waals surface area contributed by atoms with Crippen LogP contribution in [0.3, 0.4) is 0 Å². The molecule has 10 nitrogen and oxygen atoms in total. The number of hydrogen-bond acceptors (Lipinski definition) is 5. The summed E-state index contributed by atoms with van der Waals surface area (Å²) in [6, 6.07) is 22.8. The van der Waals surface area contributed by atoms with Gasteiger partial charge in [0.05, 0.1) is 12.5 Å². The summed E-state index contributed by atoms with van der Waals surface area (Å²) in [5.41, 5.74) is 6.49. The number of benzene rings is 3. The molecule has 1 heterocycles. The lowest BCUT2D eigenvalue weighted by Crippen LogP contribution is -2.44. The summed E-state index contributed by atoms with van der Waals surface area (Å²) in [6.45, 7) is 1.15. The van der Waals surface area contributed by atoms with E-state index in [1.807, 2.05) is 30.3 Å². The maximum atomic E-state index is 13.8. The molecule has 200 valence electrons. The first-order valence-electron chi connectivity index (χ1n) is 12.3. The minimum atomic E-state index is -1.44. The number of carboxylic acids is 1. The molecule has 4 amide bonds. The second kappa shape index (κ2) is 11.2. The molecule has 1 aliphatic heterocycles. The Kier molecular flexibility index (Phi) is 7.75. The lowest BCUT2D eigenvalue weighted by molar-refractivity contribution is -0.139. The average molecular weight is 528 g/mol. The Labute approximate surface area is 225 Å². The van der Waals surface area contributed by atoms with Crippen molar-refractivity contribution in [3.05, 3.63) is 107 Å². The summed E-state index contributed by atoms with van der Waals surface area (Å²) in [7, 11) is 0. The molecule has 0 unspecified atom stereocenters. The minimum Gasteiger partial charge on any atom is -0.481 e. The lowest BCUT2D eigenvalue weighted by Gasteiger charge is -2.32. The molecule has 0 aromatic heterocycles. The highest BCUT2D eigenvalue weighted by molar-refractivity contribution is 6.09. The van der Waals surface area contributed by atoms with Crippen LogP contribution in [0.5, 0.6) is 0 Å². The molecular formula is C29H29N5O5. The topological polar surface area (TPSA) is 157 Å². The molecule has 0 aliphatic carbocycles. The van der Waals surface area contributed by atoms with Gasteiger partial charge in [0.15, 0.2) is 0 Å². The third-order valence-corrected chi connectivity index (χ3v) is 6.82. The number of urea groups is 1. The fourth-order valence-electron chi connectivity index (χ4n) is 4.68. The molecule has 10 heteroatoms. The van der Waals surface area contributed by atoms with E-state index >= 15 is 0 Å². The Bertz CT molecular complexity index is 1390. The lowest BCUT2D eigenvalue weighted by atomic mass is 9.89. The van der Waals surface area contributed by atoms with Crippen LogP contribution in [-0.2, 0) is 26.5 Å². The van der Waals surface area contributed by atoms with Gasteiger partial charge in [-0.2, -0.15) is 0 Å². The van der Waals surface area contributed by atoms with Gasteiger partial charge in [0.2, 0.25) is 5.91 Å². The van der Waals surface area contributed by atoms with Gasteiger partial charge in [0, 0.05) is 12.1 Å². The van der Waals surface area contributed by atoms with Crippen molar-refractivity contribution in [1.82, 2.24) is 15.1 Å². The predicted octanol–water partition coefficient (Wildman–Crippen LogP) is 2.98. The van der Waals surface area contributed by atoms with Crippen molar-refractivity contribution >= 4 is 29.7 Å². The molecular weight excluding hydrogens is 498 g/mol. The highest BCUT2D eigenvalue weighted by Crippen LogP contribution is 2.38. The number of amides is 4. The van der Waals surface area contributed by atoms with E-state index in [2.05, 4.69) is 5.32 Å². The Balaban J connectivity index is 1.63. The van der Waals surface area contributed by atoms with Gasteiger partial charge in [-0.3, -0.25) is 24.7 Å². The van der Waals surface area contributed by atoms with Crippen molar-refractivity contribution in [2.24, 2.45) is 5.73 Å². The largest absolute Gasteiger partial charge is 0.481 e. The first-order chi connectivity index (χ1) is 18.6. The summed E-state index contributed by atoms with van der Waals surface area (Å²) >= 11 is 0. The highest BCUT2D eigenvalue weighted by Gasteiger charge is 2.55. The van der Waals surface area contributed by atoms with Crippen LogP contribution in [0.15, 0.2) is 84.9 Å². The fraction of sp³-hybridized carbons (Fsp3) is 0.207. The standard InChI is InChI=1S/C29H29N5O5/c1-29(22-14-12-21(13-15-22)26(30)31)27(38)33(28(39)34(29)17-19-8-4-2-5-9-19)18-24(35)32-23(16-25(36)37)20-10-6-3-7-11-20/h2-15,23H,16-18H2,1H3,(H3,30,31)(H,32,35)(H,36,37)/t23-,29-/m0/s1. The predicted molar refractivity (Wildman–Crippen MR) is 143 cm³/mol. The molecule has 0 radical (unpaired) electrons. The maximum absolute atomic E-state index is 13.8. The number of carboxylic acid groups (broad SMARTS) is 1. The molecule has 1 aliphatic rings. The zero-order valence-corrected chi connectivity index (χ0v) is 21.3. The van der Waals surface area contributed by atoms with Gasteiger partial charge < -0.3 is 21.1 Å². The fourth-order valence-corrected chi connectivity index (χ4v) is 4.68. The molecule has 3 aromatic rings. The van der Waals surface area contributed by atoms with Crippen molar-refractivity contribution in [1.29, 1.82) is 5.41 Å². The number of imide groups is 1. The van der Waals surface area contributed by atoms with Gasteiger partial charge in [-0.1, -0.05) is 84.9 Å². The van der Waals surface area contributed by atoms with Gasteiger partial charge in [0.25, 0.3) is 5.91 Å². The number of amidine groups is 1. The van der Waals surface area contributed by atoms with E-state index in [1.54, 1.807) is 61.5 Å². The second-order valence-electron chi connectivity index (χ2n) is 9.44. The van der Waals surface area contributed by atoms with Crippen LogP contribution in [0, 0.1) is 5.41 Å². The maximum Gasteiger partial charge on any atom is 0.328 e. The van der Waals surface area contributed by atoms with E-state index in [0.717, 1.165) is 10.5 Å².